The smallest absolute Gasteiger partial charge is 0.224 e. The minimum absolute atomic E-state index is 0.0412. The van der Waals surface area contributed by atoms with Crippen molar-refractivity contribution in [3.05, 3.63) is 23.2 Å². The van der Waals surface area contributed by atoms with E-state index in [9.17, 15) is 4.79 Å². The van der Waals surface area contributed by atoms with Crippen LogP contribution in [0.5, 0.6) is 0 Å². The second kappa shape index (κ2) is 6.95. The molecule has 1 aromatic rings. The largest absolute Gasteiger partial charge is 0.359 e. The zero-order valence-electron chi connectivity index (χ0n) is 12.2. The Kier molecular flexibility index (Phi) is 5.26. The van der Waals surface area contributed by atoms with Gasteiger partial charge in [-0.1, -0.05) is 18.5 Å². The van der Waals surface area contributed by atoms with E-state index in [1.54, 1.807) is 4.90 Å². The predicted molar refractivity (Wildman–Crippen MR) is 83.8 cm³/mol. The van der Waals surface area contributed by atoms with Crippen LogP contribution in [0.1, 0.15) is 19.8 Å². The molecule has 0 aromatic heterocycles. The number of quaternary nitrogens is 1. The third-order valence-electron chi connectivity index (χ3n) is 3.67. The molecule has 20 heavy (non-hydrogen) atoms. The summed E-state index contributed by atoms with van der Waals surface area (Å²) in [5, 5.41) is 3.58. The van der Waals surface area contributed by atoms with Gasteiger partial charge < -0.3 is 15.1 Å². The van der Waals surface area contributed by atoms with Gasteiger partial charge in [-0.3, -0.25) is 4.79 Å². The maximum Gasteiger partial charge on any atom is 0.224 e. The first-order valence-electron chi connectivity index (χ1n) is 7.25. The highest BCUT2D eigenvalue weighted by Crippen LogP contribution is 2.29. The molecule has 0 spiro atoms. The van der Waals surface area contributed by atoms with Gasteiger partial charge in [-0.05, 0) is 24.6 Å². The quantitative estimate of drug-likeness (QED) is 0.881. The van der Waals surface area contributed by atoms with E-state index in [2.05, 4.69) is 17.3 Å². The van der Waals surface area contributed by atoms with E-state index in [0.29, 0.717) is 11.4 Å². The Balaban J connectivity index is 2.04. The predicted octanol–water partition coefficient (Wildman–Crippen LogP) is 1.41. The lowest BCUT2D eigenvalue weighted by Gasteiger charge is -2.32. The number of amides is 1. The van der Waals surface area contributed by atoms with Crippen molar-refractivity contribution >= 4 is 28.9 Å². The number of nitrogens with zero attached hydrogens (tertiary/aromatic N) is 1. The summed E-state index contributed by atoms with van der Waals surface area (Å²) in [5.74, 6) is 0.0412. The first-order valence-corrected chi connectivity index (χ1v) is 7.63. The fourth-order valence-electron chi connectivity index (χ4n) is 2.42. The molecule has 1 aromatic carbocycles. The Hall–Kier alpha value is -1.26. The van der Waals surface area contributed by atoms with Gasteiger partial charge >= 0.3 is 0 Å². The lowest BCUT2D eigenvalue weighted by Crippen LogP contribution is -3.12. The summed E-state index contributed by atoms with van der Waals surface area (Å²) in [6.07, 6.45) is 1.39. The van der Waals surface area contributed by atoms with E-state index in [0.717, 1.165) is 44.0 Å². The Morgan fingerprint density at radius 3 is 2.70 bits per heavy atom. The fraction of sp³-hybridized carbons (Fsp3) is 0.533. The number of rotatable bonds is 4. The van der Waals surface area contributed by atoms with Crippen molar-refractivity contribution in [3.63, 3.8) is 0 Å². The topological polar surface area (TPSA) is 36.8 Å². The Morgan fingerprint density at radius 2 is 2.10 bits per heavy atom. The second-order valence-electron chi connectivity index (χ2n) is 5.41. The zero-order valence-corrected chi connectivity index (χ0v) is 13.0. The Bertz CT molecular complexity index is 470. The second-order valence-corrected chi connectivity index (χ2v) is 5.82. The molecule has 1 amide bonds. The summed E-state index contributed by atoms with van der Waals surface area (Å²) < 4.78 is 0. The zero-order chi connectivity index (χ0) is 14.5. The van der Waals surface area contributed by atoms with Crippen LogP contribution in [0.3, 0.4) is 0 Å². The normalized spacial score (nSPS) is 16.2. The number of carbonyl (C=O) groups is 1. The molecule has 4 nitrogen and oxygen atoms in total. The van der Waals surface area contributed by atoms with Crippen LogP contribution in [-0.4, -0.2) is 39.1 Å². The summed E-state index contributed by atoms with van der Waals surface area (Å²) in [6, 6.07) is 5.78. The van der Waals surface area contributed by atoms with Crippen molar-refractivity contribution in [2.45, 2.75) is 19.8 Å². The van der Waals surface area contributed by atoms with Crippen LogP contribution in [-0.2, 0) is 4.79 Å². The maximum atomic E-state index is 11.6. The highest BCUT2D eigenvalue weighted by molar-refractivity contribution is 6.33. The molecule has 0 saturated carbocycles. The molecule has 0 bridgehead atoms. The number of anilines is 2. The minimum atomic E-state index is 0.0412. The first kappa shape index (κ1) is 15.1. The SMILES string of the molecule is CCCC(=O)Nc1ccc(N2CC[NH+](C)CC2)c(Cl)c1. The number of piperazine rings is 1. The van der Waals surface area contributed by atoms with Crippen LogP contribution in [0.15, 0.2) is 18.2 Å². The molecule has 1 fully saturated rings. The molecule has 1 saturated heterocycles. The van der Waals surface area contributed by atoms with Gasteiger partial charge in [0.1, 0.15) is 0 Å². The molecule has 0 aliphatic carbocycles. The molecular weight excluding hydrogens is 274 g/mol. The summed E-state index contributed by atoms with van der Waals surface area (Å²) in [4.78, 5) is 15.4. The monoisotopic (exact) mass is 296 g/mol. The highest BCUT2D eigenvalue weighted by atomic mass is 35.5. The van der Waals surface area contributed by atoms with Gasteiger partial charge in [-0.25, -0.2) is 0 Å². The summed E-state index contributed by atoms with van der Waals surface area (Å²) in [7, 11) is 2.21. The minimum Gasteiger partial charge on any atom is -0.359 e. The van der Waals surface area contributed by atoms with Crippen LogP contribution in [0.4, 0.5) is 11.4 Å². The Morgan fingerprint density at radius 1 is 1.40 bits per heavy atom. The third-order valence-corrected chi connectivity index (χ3v) is 3.97. The number of hydrogen-bond donors (Lipinski definition) is 2. The number of halogens is 1. The number of nitrogens with one attached hydrogen (secondary N) is 2. The summed E-state index contributed by atoms with van der Waals surface area (Å²) in [6.45, 7) is 6.29. The van der Waals surface area contributed by atoms with Gasteiger partial charge in [0.05, 0.1) is 43.9 Å². The number of hydrogen-bond acceptors (Lipinski definition) is 2. The lowest BCUT2D eigenvalue weighted by molar-refractivity contribution is -0.880. The van der Waals surface area contributed by atoms with Crippen LogP contribution in [0.25, 0.3) is 0 Å². The van der Waals surface area contributed by atoms with Crippen molar-refractivity contribution in [2.75, 3.05) is 43.4 Å². The van der Waals surface area contributed by atoms with Crippen molar-refractivity contribution in [1.29, 1.82) is 0 Å². The molecule has 2 rings (SSSR count). The average molecular weight is 297 g/mol. The van der Waals surface area contributed by atoms with Gasteiger partial charge in [0, 0.05) is 12.1 Å². The van der Waals surface area contributed by atoms with Gasteiger partial charge in [-0.15, -0.1) is 0 Å². The molecule has 5 heteroatoms. The molecule has 0 atom stereocenters. The summed E-state index contributed by atoms with van der Waals surface area (Å²) in [5.41, 5.74) is 1.84. The molecule has 110 valence electrons. The molecule has 0 radical (unpaired) electrons. The van der Waals surface area contributed by atoms with E-state index in [1.807, 2.05) is 25.1 Å². The number of benzene rings is 1. The fourth-order valence-corrected chi connectivity index (χ4v) is 2.72. The Labute approximate surface area is 125 Å². The van der Waals surface area contributed by atoms with E-state index < -0.39 is 0 Å². The van der Waals surface area contributed by atoms with Gasteiger partial charge in [0.15, 0.2) is 0 Å². The van der Waals surface area contributed by atoms with Crippen LogP contribution >= 0.6 is 11.6 Å². The standard InChI is InChI=1S/C15H22ClN3O/c1-3-4-15(20)17-12-5-6-14(13(16)11-12)19-9-7-18(2)8-10-19/h5-6,11H,3-4,7-10H2,1-2H3,(H,17,20)/p+1. The van der Waals surface area contributed by atoms with Crippen molar-refractivity contribution in [2.24, 2.45) is 0 Å². The summed E-state index contributed by atoms with van der Waals surface area (Å²) >= 11 is 6.36. The number of carbonyl (C=O) groups excluding carboxylic acids is 1. The van der Waals surface area contributed by atoms with E-state index >= 15 is 0 Å². The third kappa shape index (κ3) is 3.87. The van der Waals surface area contributed by atoms with Gasteiger partial charge in [0.2, 0.25) is 5.91 Å². The van der Waals surface area contributed by atoms with Crippen LogP contribution in [0.2, 0.25) is 5.02 Å². The lowest BCUT2D eigenvalue weighted by atomic mass is 10.2. The molecule has 1 aliphatic heterocycles. The van der Waals surface area contributed by atoms with E-state index in [1.165, 1.54) is 0 Å². The van der Waals surface area contributed by atoms with Crippen molar-refractivity contribution < 1.29 is 9.69 Å². The molecule has 1 heterocycles. The average Bonchev–Trinajstić information content (AvgIpc) is 2.40. The van der Waals surface area contributed by atoms with Gasteiger partial charge in [-0.2, -0.15) is 0 Å². The van der Waals surface area contributed by atoms with Crippen molar-refractivity contribution in [3.8, 4) is 0 Å². The van der Waals surface area contributed by atoms with Crippen molar-refractivity contribution in [1.82, 2.24) is 0 Å². The number of likely N-dealkylation sites (N-methyl/N-ethyl adjacent to an activating group) is 1. The van der Waals surface area contributed by atoms with Crippen LogP contribution < -0.4 is 15.1 Å². The van der Waals surface area contributed by atoms with Crippen LogP contribution in [0, 0.1) is 0 Å². The maximum absolute atomic E-state index is 11.6. The molecule has 1 aliphatic rings. The van der Waals surface area contributed by atoms with E-state index in [-0.39, 0.29) is 5.91 Å². The highest BCUT2D eigenvalue weighted by Gasteiger charge is 2.19. The molecular formula is C15H23ClN3O+. The first-order chi connectivity index (χ1) is 9.60. The molecule has 2 N–H and O–H groups in total. The van der Waals surface area contributed by atoms with Gasteiger partial charge in [0.25, 0.3) is 0 Å². The van der Waals surface area contributed by atoms with E-state index in [4.69, 9.17) is 11.6 Å². The molecule has 0 unspecified atom stereocenters.